The summed E-state index contributed by atoms with van der Waals surface area (Å²) in [5.41, 5.74) is 5.49. The summed E-state index contributed by atoms with van der Waals surface area (Å²) in [5.74, 6) is 2.29. The van der Waals surface area contributed by atoms with E-state index in [1.807, 2.05) is 0 Å². The van der Waals surface area contributed by atoms with Gasteiger partial charge in [-0.1, -0.05) is 0 Å². The maximum absolute atomic E-state index is 5.49. The van der Waals surface area contributed by atoms with Crippen molar-refractivity contribution in [1.82, 2.24) is 9.97 Å². The molecule has 76 valence electrons. The molecule has 1 aromatic rings. The predicted molar refractivity (Wildman–Crippen MR) is 57.1 cm³/mol. The molecule has 1 heterocycles. The zero-order valence-electron chi connectivity index (χ0n) is 8.48. The van der Waals surface area contributed by atoms with Crippen LogP contribution in [-0.4, -0.2) is 23.1 Å². The minimum absolute atomic E-state index is 0.483. The van der Waals surface area contributed by atoms with Crippen LogP contribution >= 0.6 is 0 Å². The van der Waals surface area contributed by atoms with Gasteiger partial charge < -0.3 is 10.6 Å². The van der Waals surface area contributed by atoms with Crippen LogP contribution in [0.3, 0.4) is 0 Å². The Labute approximate surface area is 84.2 Å². The summed E-state index contributed by atoms with van der Waals surface area (Å²) >= 11 is 0. The molecule has 0 saturated heterocycles. The Kier molecular flexibility index (Phi) is 2.52. The van der Waals surface area contributed by atoms with Crippen LogP contribution in [-0.2, 0) is 0 Å². The van der Waals surface area contributed by atoms with Gasteiger partial charge in [0.15, 0.2) is 0 Å². The number of aromatic nitrogens is 2. The number of hydrogen-bond acceptors (Lipinski definition) is 4. The molecule has 0 aromatic carbocycles. The van der Waals surface area contributed by atoms with Crippen LogP contribution in [0.1, 0.15) is 19.8 Å². The third-order valence-corrected chi connectivity index (χ3v) is 2.54. The molecular formula is C10H16N4. The lowest BCUT2D eigenvalue weighted by atomic mass is 10.3. The molecule has 1 aliphatic rings. The maximum atomic E-state index is 5.49. The summed E-state index contributed by atoms with van der Waals surface area (Å²) in [4.78, 5) is 10.6. The van der Waals surface area contributed by atoms with E-state index in [0.717, 1.165) is 24.8 Å². The smallest absolute Gasteiger partial charge is 0.147 e. The monoisotopic (exact) mass is 192 g/mol. The first-order chi connectivity index (χ1) is 6.79. The van der Waals surface area contributed by atoms with Crippen molar-refractivity contribution in [3.8, 4) is 0 Å². The van der Waals surface area contributed by atoms with Crippen LogP contribution in [0.25, 0.3) is 0 Å². The molecule has 0 spiro atoms. The van der Waals surface area contributed by atoms with Crippen LogP contribution in [0.15, 0.2) is 12.4 Å². The van der Waals surface area contributed by atoms with Gasteiger partial charge >= 0.3 is 0 Å². The fourth-order valence-corrected chi connectivity index (χ4v) is 1.49. The molecule has 2 N–H and O–H groups in total. The zero-order valence-corrected chi connectivity index (χ0v) is 8.48. The molecule has 4 nitrogen and oxygen atoms in total. The molecule has 1 aliphatic carbocycles. The Morgan fingerprint density at radius 3 is 2.71 bits per heavy atom. The number of nitrogens with zero attached hydrogens (tertiary/aromatic N) is 3. The van der Waals surface area contributed by atoms with Crippen molar-refractivity contribution in [2.75, 3.05) is 23.7 Å². The Hall–Kier alpha value is -1.32. The fraction of sp³-hybridized carbons (Fsp3) is 0.600. The van der Waals surface area contributed by atoms with Gasteiger partial charge in [0.25, 0.3) is 0 Å². The van der Waals surface area contributed by atoms with Gasteiger partial charge in [0.2, 0.25) is 0 Å². The van der Waals surface area contributed by atoms with Crippen molar-refractivity contribution in [3.63, 3.8) is 0 Å². The second-order valence-electron chi connectivity index (χ2n) is 3.78. The van der Waals surface area contributed by atoms with E-state index in [1.54, 1.807) is 12.4 Å². The molecule has 2 rings (SSSR count). The number of nitrogen functional groups attached to an aromatic ring is 1. The Morgan fingerprint density at radius 2 is 2.21 bits per heavy atom. The predicted octanol–water partition coefficient (Wildman–Crippen LogP) is 1.30. The summed E-state index contributed by atoms with van der Waals surface area (Å²) in [6, 6.07) is 0. The van der Waals surface area contributed by atoms with E-state index in [1.165, 1.54) is 12.8 Å². The molecule has 0 radical (unpaired) electrons. The van der Waals surface area contributed by atoms with Gasteiger partial charge in [-0.25, -0.2) is 9.97 Å². The quantitative estimate of drug-likeness (QED) is 0.781. The van der Waals surface area contributed by atoms with Crippen molar-refractivity contribution in [3.05, 3.63) is 12.4 Å². The van der Waals surface area contributed by atoms with Gasteiger partial charge in [0, 0.05) is 13.1 Å². The van der Waals surface area contributed by atoms with E-state index in [0.29, 0.717) is 5.82 Å². The molecule has 4 heteroatoms. The van der Waals surface area contributed by atoms with Crippen molar-refractivity contribution >= 4 is 11.6 Å². The summed E-state index contributed by atoms with van der Waals surface area (Å²) in [6.07, 6.45) is 6.09. The summed E-state index contributed by atoms with van der Waals surface area (Å²) in [5, 5.41) is 0. The topological polar surface area (TPSA) is 55.0 Å². The number of rotatable bonds is 4. The van der Waals surface area contributed by atoms with Crippen LogP contribution in [0.5, 0.6) is 0 Å². The highest BCUT2D eigenvalue weighted by Gasteiger charge is 2.24. The maximum Gasteiger partial charge on any atom is 0.147 e. The molecule has 14 heavy (non-hydrogen) atoms. The van der Waals surface area contributed by atoms with Crippen LogP contribution in [0, 0.1) is 5.92 Å². The highest BCUT2D eigenvalue weighted by molar-refractivity contribution is 5.39. The lowest BCUT2D eigenvalue weighted by Crippen LogP contribution is -2.26. The third kappa shape index (κ3) is 2.13. The van der Waals surface area contributed by atoms with Gasteiger partial charge in [-0.2, -0.15) is 0 Å². The molecule has 1 aromatic heterocycles. The molecule has 1 fully saturated rings. The number of anilines is 2. The minimum atomic E-state index is 0.483. The first-order valence-corrected chi connectivity index (χ1v) is 5.12. The average molecular weight is 192 g/mol. The highest BCUT2D eigenvalue weighted by Crippen LogP contribution is 2.30. The van der Waals surface area contributed by atoms with Crippen molar-refractivity contribution in [1.29, 1.82) is 0 Å². The van der Waals surface area contributed by atoms with E-state index in [4.69, 9.17) is 5.73 Å². The minimum Gasteiger partial charge on any atom is -0.382 e. The van der Waals surface area contributed by atoms with E-state index in [-0.39, 0.29) is 0 Å². The Morgan fingerprint density at radius 1 is 1.43 bits per heavy atom. The number of hydrogen-bond donors (Lipinski definition) is 1. The SMILES string of the molecule is CCN(CC1CC1)c1cnc(N)cn1. The lowest BCUT2D eigenvalue weighted by molar-refractivity contribution is 0.730. The van der Waals surface area contributed by atoms with Gasteiger partial charge in [0.1, 0.15) is 11.6 Å². The molecule has 0 bridgehead atoms. The van der Waals surface area contributed by atoms with Crippen molar-refractivity contribution in [2.24, 2.45) is 5.92 Å². The molecular weight excluding hydrogens is 176 g/mol. The largest absolute Gasteiger partial charge is 0.382 e. The highest BCUT2D eigenvalue weighted by atomic mass is 15.2. The molecule has 0 aliphatic heterocycles. The van der Waals surface area contributed by atoms with Gasteiger partial charge in [-0.3, -0.25) is 0 Å². The van der Waals surface area contributed by atoms with Gasteiger partial charge in [0.05, 0.1) is 12.4 Å². The Bertz CT molecular complexity index is 291. The molecule has 1 saturated carbocycles. The van der Waals surface area contributed by atoms with Gasteiger partial charge in [-0.05, 0) is 25.7 Å². The third-order valence-electron chi connectivity index (χ3n) is 2.54. The Balaban J connectivity index is 2.05. The van der Waals surface area contributed by atoms with E-state index >= 15 is 0 Å². The second kappa shape index (κ2) is 3.82. The van der Waals surface area contributed by atoms with Gasteiger partial charge in [-0.15, -0.1) is 0 Å². The summed E-state index contributed by atoms with van der Waals surface area (Å²) in [6.45, 7) is 4.23. The van der Waals surface area contributed by atoms with Crippen molar-refractivity contribution < 1.29 is 0 Å². The first-order valence-electron chi connectivity index (χ1n) is 5.12. The summed E-state index contributed by atoms with van der Waals surface area (Å²) < 4.78 is 0. The molecule has 0 atom stereocenters. The van der Waals surface area contributed by atoms with E-state index in [9.17, 15) is 0 Å². The van der Waals surface area contributed by atoms with E-state index < -0.39 is 0 Å². The second-order valence-corrected chi connectivity index (χ2v) is 3.78. The fourth-order valence-electron chi connectivity index (χ4n) is 1.49. The summed E-state index contributed by atoms with van der Waals surface area (Å²) in [7, 11) is 0. The van der Waals surface area contributed by atoms with Crippen LogP contribution < -0.4 is 10.6 Å². The molecule has 0 amide bonds. The van der Waals surface area contributed by atoms with E-state index in [2.05, 4.69) is 21.8 Å². The standard InChI is InChI=1S/C10H16N4/c1-2-14(7-8-3-4-8)10-6-12-9(11)5-13-10/h5-6,8H,2-4,7H2,1H3,(H2,11,12). The van der Waals surface area contributed by atoms with Crippen molar-refractivity contribution in [2.45, 2.75) is 19.8 Å². The lowest BCUT2D eigenvalue weighted by Gasteiger charge is -2.21. The number of nitrogens with two attached hydrogens (primary N) is 1. The normalized spacial score (nSPS) is 15.5. The molecule has 0 unspecified atom stereocenters. The average Bonchev–Trinajstić information content (AvgIpc) is 3.00. The first kappa shape index (κ1) is 9.24. The van der Waals surface area contributed by atoms with Crippen LogP contribution in [0.4, 0.5) is 11.6 Å². The van der Waals surface area contributed by atoms with Crippen LogP contribution in [0.2, 0.25) is 0 Å². The zero-order chi connectivity index (χ0) is 9.97.